The highest BCUT2D eigenvalue weighted by Gasteiger charge is 2.29. The Kier molecular flexibility index (Phi) is 5.37. The fraction of sp³-hybridized carbons (Fsp3) is 0.833. The molecule has 21 heavy (non-hydrogen) atoms. The average molecular weight is 324 g/mol. The SMILES string of the molecule is CC1CN=C(N2CCN(C(=O)CNCC(F)(F)F)CC2)S1. The minimum absolute atomic E-state index is 0.272. The van der Waals surface area contributed by atoms with Gasteiger partial charge in [-0.05, 0) is 0 Å². The molecule has 0 saturated carbocycles. The van der Waals surface area contributed by atoms with Gasteiger partial charge >= 0.3 is 6.18 Å². The predicted molar refractivity (Wildman–Crippen MR) is 76.4 cm³/mol. The first-order valence-corrected chi connectivity index (χ1v) is 7.74. The third-order valence-corrected chi connectivity index (χ3v) is 4.44. The molecule has 0 radical (unpaired) electrons. The second-order valence-electron chi connectivity index (χ2n) is 5.14. The van der Waals surface area contributed by atoms with Gasteiger partial charge in [0.25, 0.3) is 0 Å². The topological polar surface area (TPSA) is 47.9 Å². The van der Waals surface area contributed by atoms with Crippen molar-refractivity contribution in [2.24, 2.45) is 4.99 Å². The summed E-state index contributed by atoms with van der Waals surface area (Å²) in [7, 11) is 0. The van der Waals surface area contributed by atoms with Crippen LogP contribution in [0.15, 0.2) is 4.99 Å². The van der Waals surface area contributed by atoms with Gasteiger partial charge in [-0.2, -0.15) is 13.2 Å². The number of thioether (sulfide) groups is 1. The predicted octanol–water partition coefficient (Wildman–Crippen LogP) is 0.774. The largest absolute Gasteiger partial charge is 0.401 e. The molecule has 0 aromatic carbocycles. The zero-order valence-corrected chi connectivity index (χ0v) is 12.6. The lowest BCUT2D eigenvalue weighted by atomic mass is 10.3. The quantitative estimate of drug-likeness (QED) is 0.833. The van der Waals surface area contributed by atoms with Gasteiger partial charge in [0.1, 0.15) is 0 Å². The van der Waals surface area contributed by atoms with Crippen molar-refractivity contribution in [2.45, 2.75) is 18.3 Å². The Labute approximate surface area is 125 Å². The highest BCUT2D eigenvalue weighted by molar-refractivity contribution is 8.14. The zero-order chi connectivity index (χ0) is 15.5. The first-order chi connectivity index (χ1) is 9.85. The Hall–Kier alpha value is -0.960. The molecule has 2 rings (SSSR count). The molecule has 0 bridgehead atoms. The number of aliphatic imine (C=N–C) groups is 1. The molecule has 2 heterocycles. The van der Waals surface area contributed by atoms with Crippen molar-refractivity contribution < 1.29 is 18.0 Å². The van der Waals surface area contributed by atoms with Gasteiger partial charge < -0.3 is 15.1 Å². The fourth-order valence-electron chi connectivity index (χ4n) is 2.21. The van der Waals surface area contributed by atoms with Gasteiger partial charge in [-0.15, -0.1) is 0 Å². The standard InChI is InChI=1S/C12H19F3N4OS/c1-9-6-17-11(21-9)19-4-2-18(3-5-19)10(20)7-16-8-12(13,14)15/h9,16H,2-8H2,1H3. The normalized spacial score (nSPS) is 23.4. The number of carbonyl (C=O) groups excluding carboxylic acids is 1. The van der Waals surface area contributed by atoms with Crippen LogP contribution in [-0.4, -0.2) is 78.1 Å². The number of carbonyl (C=O) groups is 1. The lowest BCUT2D eigenvalue weighted by Crippen LogP contribution is -2.52. The van der Waals surface area contributed by atoms with E-state index in [0.717, 1.165) is 11.7 Å². The van der Waals surface area contributed by atoms with E-state index in [0.29, 0.717) is 31.4 Å². The minimum atomic E-state index is -4.28. The van der Waals surface area contributed by atoms with Gasteiger partial charge in [0.05, 0.1) is 19.6 Å². The Balaban J connectivity index is 1.70. The van der Waals surface area contributed by atoms with E-state index in [1.54, 1.807) is 16.7 Å². The summed E-state index contributed by atoms with van der Waals surface area (Å²) in [6, 6.07) is 0. The van der Waals surface area contributed by atoms with Crippen molar-refractivity contribution in [2.75, 3.05) is 45.8 Å². The molecule has 2 aliphatic heterocycles. The summed E-state index contributed by atoms with van der Waals surface area (Å²) in [5, 5.41) is 3.65. The van der Waals surface area contributed by atoms with Crippen molar-refractivity contribution in [3.8, 4) is 0 Å². The van der Waals surface area contributed by atoms with Crippen molar-refractivity contribution in [3.05, 3.63) is 0 Å². The number of nitrogens with one attached hydrogen (secondary N) is 1. The van der Waals surface area contributed by atoms with Crippen LogP contribution in [0.1, 0.15) is 6.92 Å². The average Bonchev–Trinajstić information content (AvgIpc) is 2.84. The van der Waals surface area contributed by atoms with Gasteiger partial charge in [-0.25, -0.2) is 0 Å². The van der Waals surface area contributed by atoms with Crippen LogP contribution in [0.4, 0.5) is 13.2 Å². The molecular formula is C12H19F3N4OS. The minimum Gasteiger partial charge on any atom is -0.348 e. The number of rotatable bonds is 3. The Bertz CT molecular complexity index is 408. The van der Waals surface area contributed by atoms with E-state index in [4.69, 9.17) is 0 Å². The van der Waals surface area contributed by atoms with E-state index in [2.05, 4.69) is 22.1 Å². The van der Waals surface area contributed by atoms with Crippen LogP contribution in [0.5, 0.6) is 0 Å². The molecule has 1 amide bonds. The molecule has 1 N–H and O–H groups in total. The molecule has 120 valence electrons. The second kappa shape index (κ2) is 6.87. The smallest absolute Gasteiger partial charge is 0.348 e. The summed E-state index contributed by atoms with van der Waals surface area (Å²) in [6.07, 6.45) is -4.28. The van der Waals surface area contributed by atoms with Crippen LogP contribution in [0.25, 0.3) is 0 Å². The number of hydrogen-bond donors (Lipinski definition) is 1. The Morgan fingerprint density at radius 3 is 2.57 bits per heavy atom. The summed E-state index contributed by atoms with van der Waals surface area (Å²) in [5.41, 5.74) is 0. The van der Waals surface area contributed by atoms with Crippen molar-refractivity contribution in [3.63, 3.8) is 0 Å². The van der Waals surface area contributed by atoms with E-state index >= 15 is 0 Å². The molecule has 1 unspecified atom stereocenters. The van der Waals surface area contributed by atoms with Crippen LogP contribution in [0.3, 0.4) is 0 Å². The highest BCUT2D eigenvalue weighted by atomic mass is 32.2. The van der Waals surface area contributed by atoms with Gasteiger partial charge in [0.15, 0.2) is 5.17 Å². The first-order valence-electron chi connectivity index (χ1n) is 6.86. The molecule has 9 heteroatoms. The molecule has 1 saturated heterocycles. The Morgan fingerprint density at radius 1 is 1.38 bits per heavy atom. The summed E-state index contributed by atoms with van der Waals surface area (Å²) < 4.78 is 36.0. The fourth-order valence-corrected chi connectivity index (χ4v) is 3.20. The third-order valence-electron chi connectivity index (χ3n) is 3.29. The lowest BCUT2D eigenvalue weighted by Gasteiger charge is -2.35. The lowest BCUT2D eigenvalue weighted by molar-refractivity contribution is -0.135. The van der Waals surface area contributed by atoms with E-state index in [1.165, 1.54) is 0 Å². The van der Waals surface area contributed by atoms with Gasteiger partial charge in [0, 0.05) is 31.4 Å². The number of piperazine rings is 1. The van der Waals surface area contributed by atoms with Crippen LogP contribution in [0, 0.1) is 0 Å². The maximum Gasteiger partial charge on any atom is 0.401 e. The maximum absolute atomic E-state index is 12.0. The zero-order valence-electron chi connectivity index (χ0n) is 11.8. The number of nitrogens with zero attached hydrogens (tertiary/aromatic N) is 3. The molecule has 0 spiro atoms. The second-order valence-corrected chi connectivity index (χ2v) is 6.54. The number of halogens is 3. The summed E-state index contributed by atoms with van der Waals surface area (Å²) in [4.78, 5) is 20.0. The van der Waals surface area contributed by atoms with Crippen LogP contribution in [-0.2, 0) is 4.79 Å². The van der Waals surface area contributed by atoms with Gasteiger partial charge in [-0.3, -0.25) is 9.79 Å². The highest BCUT2D eigenvalue weighted by Crippen LogP contribution is 2.23. The van der Waals surface area contributed by atoms with E-state index < -0.39 is 12.7 Å². The van der Waals surface area contributed by atoms with Gasteiger partial charge in [0.2, 0.25) is 5.91 Å². The maximum atomic E-state index is 12.0. The first kappa shape index (κ1) is 16.4. The number of amidine groups is 1. The number of hydrogen-bond acceptors (Lipinski definition) is 5. The van der Waals surface area contributed by atoms with Crippen LogP contribution >= 0.6 is 11.8 Å². The molecule has 0 aromatic rings. The number of alkyl halides is 3. The molecule has 2 aliphatic rings. The van der Waals surface area contributed by atoms with Crippen molar-refractivity contribution >= 4 is 22.8 Å². The van der Waals surface area contributed by atoms with E-state index in [1.807, 2.05) is 0 Å². The molecule has 0 aliphatic carbocycles. The number of amides is 1. The summed E-state index contributed by atoms with van der Waals surface area (Å²) in [5.74, 6) is -0.284. The molecule has 5 nitrogen and oxygen atoms in total. The third kappa shape index (κ3) is 5.06. The van der Waals surface area contributed by atoms with Crippen molar-refractivity contribution in [1.29, 1.82) is 0 Å². The molecular weight excluding hydrogens is 305 g/mol. The Morgan fingerprint density at radius 2 is 2.05 bits per heavy atom. The summed E-state index contributed by atoms with van der Waals surface area (Å²) >= 11 is 1.73. The molecule has 1 fully saturated rings. The summed E-state index contributed by atoms with van der Waals surface area (Å²) in [6.45, 7) is 3.96. The van der Waals surface area contributed by atoms with Crippen LogP contribution < -0.4 is 5.32 Å². The van der Waals surface area contributed by atoms with E-state index in [-0.39, 0.29) is 12.5 Å². The monoisotopic (exact) mass is 324 g/mol. The molecule has 1 atom stereocenters. The van der Waals surface area contributed by atoms with Crippen LogP contribution in [0.2, 0.25) is 0 Å². The van der Waals surface area contributed by atoms with E-state index in [9.17, 15) is 18.0 Å². The molecule has 0 aromatic heterocycles. The van der Waals surface area contributed by atoms with Gasteiger partial charge in [-0.1, -0.05) is 18.7 Å². The van der Waals surface area contributed by atoms with Crippen molar-refractivity contribution in [1.82, 2.24) is 15.1 Å².